The van der Waals surface area contributed by atoms with Crippen molar-refractivity contribution in [2.75, 3.05) is 13.7 Å². The third kappa shape index (κ3) is 11.2. The molecule has 2 amide bonds. The largest absolute Gasteiger partial charge is 0.493 e. The van der Waals surface area contributed by atoms with Gasteiger partial charge in [-0.25, -0.2) is 0 Å². The third-order valence-corrected chi connectivity index (χ3v) is 4.54. The fourth-order valence-corrected chi connectivity index (χ4v) is 2.74. The van der Waals surface area contributed by atoms with E-state index in [0.717, 1.165) is 23.5 Å². The smallest absolute Gasteiger partial charge is 0.224 e. The van der Waals surface area contributed by atoms with Gasteiger partial charge in [0.05, 0.1) is 13.0 Å². The molecule has 1 atom stereocenters. The van der Waals surface area contributed by atoms with E-state index in [1.165, 1.54) is 12.8 Å². The van der Waals surface area contributed by atoms with Crippen LogP contribution in [0.4, 0.5) is 0 Å². The molecule has 0 aromatic heterocycles. The minimum Gasteiger partial charge on any atom is -0.493 e. The highest BCUT2D eigenvalue weighted by Crippen LogP contribution is 2.14. The van der Waals surface area contributed by atoms with E-state index in [-0.39, 0.29) is 11.8 Å². The zero-order valence-corrected chi connectivity index (χ0v) is 18.7. The molecule has 2 rings (SSSR count). The van der Waals surface area contributed by atoms with Crippen molar-refractivity contribution in [1.82, 2.24) is 10.6 Å². The van der Waals surface area contributed by atoms with Gasteiger partial charge in [0.2, 0.25) is 11.8 Å². The Bertz CT molecular complexity index is 724. The van der Waals surface area contributed by atoms with Gasteiger partial charge in [0, 0.05) is 20.0 Å². The van der Waals surface area contributed by atoms with Crippen molar-refractivity contribution in [3.8, 4) is 5.75 Å². The molecule has 0 radical (unpaired) electrons. The molecule has 0 heterocycles. The van der Waals surface area contributed by atoms with E-state index >= 15 is 0 Å². The lowest BCUT2D eigenvalue weighted by Crippen LogP contribution is -2.24. The molecule has 30 heavy (non-hydrogen) atoms. The van der Waals surface area contributed by atoms with Crippen LogP contribution < -0.4 is 15.4 Å². The van der Waals surface area contributed by atoms with E-state index in [4.69, 9.17) is 4.74 Å². The molecular formula is C25H36N2O3. The predicted molar refractivity (Wildman–Crippen MR) is 122 cm³/mol. The summed E-state index contributed by atoms with van der Waals surface area (Å²) in [4.78, 5) is 22.0. The van der Waals surface area contributed by atoms with Gasteiger partial charge in [-0.1, -0.05) is 69.7 Å². The van der Waals surface area contributed by atoms with Crippen LogP contribution in [0, 0.1) is 5.92 Å². The number of hydrogen-bond donors (Lipinski definition) is 2. The first-order valence-corrected chi connectivity index (χ1v) is 10.7. The molecule has 0 fully saturated rings. The molecule has 1 unspecified atom stereocenters. The first-order valence-electron chi connectivity index (χ1n) is 10.7. The van der Waals surface area contributed by atoms with Crippen molar-refractivity contribution < 1.29 is 14.3 Å². The van der Waals surface area contributed by atoms with E-state index in [1.807, 2.05) is 61.5 Å². The van der Waals surface area contributed by atoms with Gasteiger partial charge in [-0.3, -0.25) is 9.59 Å². The van der Waals surface area contributed by atoms with Crippen molar-refractivity contribution in [2.45, 2.75) is 53.0 Å². The molecule has 0 saturated heterocycles. The average molecular weight is 413 g/mol. The van der Waals surface area contributed by atoms with Crippen LogP contribution in [-0.2, 0) is 22.6 Å². The second-order valence-corrected chi connectivity index (χ2v) is 7.31. The van der Waals surface area contributed by atoms with Crippen LogP contribution in [0.2, 0.25) is 0 Å². The van der Waals surface area contributed by atoms with Gasteiger partial charge in [0.25, 0.3) is 0 Å². The van der Waals surface area contributed by atoms with E-state index in [0.29, 0.717) is 25.3 Å². The molecule has 5 heteroatoms. The van der Waals surface area contributed by atoms with E-state index in [2.05, 4.69) is 24.5 Å². The molecule has 0 saturated carbocycles. The van der Waals surface area contributed by atoms with Gasteiger partial charge in [-0.2, -0.15) is 0 Å². The van der Waals surface area contributed by atoms with Crippen LogP contribution in [0.15, 0.2) is 54.6 Å². The first kappa shape index (κ1) is 25.2. The minimum atomic E-state index is 0.0370. The monoisotopic (exact) mass is 412 g/mol. The topological polar surface area (TPSA) is 67.4 Å². The zero-order chi connectivity index (χ0) is 22.2. The molecule has 5 nitrogen and oxygen atoms in total. The molecule has 0 bridgehead atoms. The normalized spacial score (nSPS) is 10.9. The number of amides is 2. The second kappa shape index (κ2) is 15.1. The first-order chi connectivity index (χ1) is 14.5. The Morgan fingerprint density at radius 1 is 0.933 bits per heavy atom. The average Bonchev–Trinajstić information content (AvgIpc) is 2.77. The van der Waals surface area contributed by atoms with Gasteiger partial charge in [-0.05, 0) is 35.6 Å². The van der Waals surface area contributed by atoms with Crippen molar-refractivity contribution in [3.05, 3.63) is 65.7 Å². The number of benzene rings is 2. The third-order valence-electron chi connectivity index (χ3n) is 4.54. The summed E-state index contributed by atoms with van der Waals surface area (Å²) in [6, 6.07) is 17.7. The Hall–Kier alpha value is -2.82. The number of carbonyl (C=O) groups is 2. The summed E-state index contributed by atoms with van der Waals surface area (Å²) in [6.07, 6.45) is 3.37. The molecule has 0 aliphatic rings. The maximum Gasteiger partial charge on any atom is 0.224 e. The Kier molecular flexibility index (Phi) is 12.7. The van der Waals surface area contributed by atoms with Crippen molar-refractivity contribution in [2.24, 2.45) is 5.92 Å². The summed E-state index contributed by atoms with van der Waals surface area (Å²) in [5.41, 5.74) is 2.10. The van der Waals surface area contributed by atoms with Gasteiger partial charge in [0.15, 0.2) is 0 Å². The van der Waals surface area contributed by atoms with Crippen LogP contribution in [0.25, 0.3) is 0 Å². The molecule has 2 aromatic carbocycles. The highest BCUT2D eigenvalue weighted by molar-refractivity contribution is 5.78. The molecule has 2 N–H and O–H groups in total. The van der Waals surface area contributed by atoms with Gasteiger partial charge < -0.3 is 15.4 Å². The van der Waals surface area contributed by atoms with E-state index < -0.39 is 0 Å². The Labute approximate surface area is 181 Å². The van der Waals surface area contributed by atoms with Crippen LogP contribution in [0.3, 0.4) is 0 Å². The fourth-order valence-electron chi connectivity index (χ4n) is 2.74. The maximum absolute atomic E-state index is 12.0. The molecule has 0 aliphatic carbocycles. The highest BCUT2D eigenvalue weighted by atomic mass is 16.5. The molecule has 0 aliphatic heterocycles. The maximum atomic E-state index is 12.0. The number of nitrogens with one attached hydrogen (secondary N) is 2. The van der Waals surface area contributed by atoms with Gasteiger partial charge in [0.1, 0.15) is 5.75 Å². The van der Waals surface area contributed by atoms with Crippen LogP contribution in [0.5, 0.6) is 5.75 Å². The number of ether oxygens (including phenoxy) is 1. The lowest BCUT2D eigenvalue weighted by Gasteiger charge is -2.12. The lowest BCUT2D eigenvalue weighted by molar-refractivity contribution is -0.121. The van der Waals surface area contributed by atoms with E-state index in [1.54, 1.807) is 7.05 Å². The summed E-state index contributed by atoms with van der Waals surface area (Å²) in [7, 11) is 1.63. The van der Waals surface area contributed by atoms with Crippen molar-refractivity contribution in [3.63, 3.8) is 0 Å². The Morgan fingerprint density at radius 3 is 2.13 bits per heavy atom. The van der Waals surface area contributed by atoms with Crippen LogP contribution in [-0.4, -0.2) is 25.5 Å². The van der Waals surface area contributed by atoms with Crippen LogP contribution in [0.1, 0.15) is 51.2 Å². The van der Waals surface area contributed by atoms with Crippen LogP contribution >= 0.6 is 0 Å². The van der Waals surface area contributed by atoms with E-state index in [9.17, 15) is 9.59 Å². The highest BCUT2D eigenvalue weighted by Gasteiger charge is 2.04. The number of hydrogen-bond acceptors (Lipinski definition) is 3. The Balaban J connectivity index is 0.000000656. The second-order valence-electron chi connectivity index (χ2n) is 7.31. The summed E-state index contributed by atoms with van der Waals surface area (Å²) >= 11 is 0. The number of rotatable bonds is 10. The lowest BCUT2D eigenvalue weighted by atomic mass is 10.1. The predicted octanol–water partition coefficient (Wildman–Crippen LogP) is 4.50. The fraction of sp³-hybridized carbons (Fsp3) is 0.440. The van der Waals surface area contributed by atoms with Crippen molar-refractivity contribution >= 4 is 11.8 Å². The molecule has 2 aromatic rings. The quantitative estimate of drug-likeness (QED) is 0.604. The minimum absolute atomic E-state index is 0.0370. The molecule has 164 valence electrons. The SMILES string of the molecule is CCC(=O)NC.CCCC(C)COc1ccc(CNC(=O)Cc2ccccc2)cc1. The van der Waals surface area contributed by atoms with Gasteiger partial charge >= 0.3 is 0 Å². The summed E-state index contributed by atoms with van der Waals surface area (Å²) in [6.45, 7) is 7.51. The number of carbonyl (C=O) groups excluding carboxylic acids is 2. The summed E-state index contributed by atoms with van der Waals surface area (Å²) in [5.74, 6) is 1.59. The molecule has 0 spiro atoms. The summed E-state index contributed by atoms with van der Waals surface area (Å²) < 4.78 is 5.79. The molecular weight excluding hydrogens is 376 g/mol. The standard InChI is InChI=1S/C21H27NO2.C4H9NO/c1-3-7-17(2)16-24-20-12-10-19(11-13-20)15-22-21(23)14-18-8-5-4-6-9-18;1-3-4(6)5-2/h4-6,8-13,17H,3,7,14-16H2,1-2H3,(H,22,23);3H2,1-2H3,(H,5,6). The van der Waals surface area contributed by atoms with Crippen molar-refractivity contribution in [1.29, 1.82) is 0 Å². The summed E-state index contributed by atoms with van der Waals surface area (Å²) in [5, 5.41) is 5.43. The Morgan fingerprint density at radius 2 is 1.60 bits per heavy atom. The zero-order valence-electron chi connectivity index (χ0n) is 18.7. The van der Waals surface area contributed by atoms with Gasteiger partial charge in [-0.15, -0.1) is 0 Å².